The van der Waals surface area contributed by atoms with Crippen molar-refractivity contribution in [2.24, 2.45) is 29.6 Å². The highest BCUT2D eigenvalue weighted by atomic mass is 14.2. The summed E-state index contributed by atoms with van der Waals surface area (Å²) in [5.41, 5.74) is 1.35. The SMILES string of the molecule is C=C(C)C(C)CCC(C)CCCC(C)CCCC(C)CCCC(C)C. The van der Waals surface area contributed by atoms with E-state index in [2.05, 4.69) is 55.0 Å². The van der Waals surface area contributed by atoms with Crippen molar-refractivity contribution in [1.82, 2.24) is 0 Å². The van der Waals surface area contributed by atoms with Gasteiger partial charge in [0.1, 0.15) is 0 Å². The minimum atomic E-state index is 0.698. The van der Waals surface area contributed by atoms with Crippen LogP contribution in [-0.2, 0) is 0 Å². The van der Waals surface area contributed by atoms with Gasteiger partial charge in [0.15, 0.2) is 0 Å². The van der Waals surface area contributed by atoms with Gasteiger partial charge < -0.3 is 0 Å². The molecule has 0 heteroatoms. The average Bonchev–Trinajstić information content (AvgIpc) is 2.52. The molecule has 0 fully saturated rings. The zero-order valence-electron chi connectivity index (χ0n) is 18.9. The summed E-state index contributed by atoms with van der Waals surface area (Å²) in [4.78, 5) is 0. The maximum atomic E-state index is 4.08. The Labute approximate surface area is 161 Å². The molecule has 0 aliphatic heterocycles. The van der Waals surface area contributed by atoms with E-state index in [9.17, 15) is 0 Å². The quantitative estimate of drug-likeness (QED) is 0.243. The molecule has 0 amide bonds. The topological polar surface area (TPSA) is 0 Å². The summed E-state index contributed by atoms with van der Waals surface area (Å²) < 4.78 is 0. The molecule has 0 saturated carbocycles. The summed E-state index contributed by atoms with van der Waals surface area (Å²) in [5, 5.41) is 0. The first-order valence-electron chi connectivity index (χ1n) is 11.4. The lowest BCUT2D eigenvalue weighted by atomic mass is 9.89. The second-order valence-electron chi connectivity index (χ2n) is 9.83. The van der Waals surface area contributed by atoms with E-state index in [0.29, 0.717) is 5.92 Å². The Morgan fingerprint density at radius 1 is 0.560 bits per heavy atom. The lowest BCUT2D eigenvalue weighted by Crippen LogP contribution is -2.03. The molecule has 0 N–H and O–H groups in total. The van der Waals surface area contributed by atoms with Crippen LogP contribution < -0.4 is 0 Å². The Hall–Kier alpha value is -0.260. The van der Waals surface area contributed by atoms with Gasteiger partial charge in [-0.1, -0.05) is 118 Å². The van der Waals surface area contributed by atoms with E-state index in [1.165, 1.54) is 76.2 Å². The predicted octanol–water partition coefficient (Wildman–Crippen LogP) is 9.05. The summed E-state index contributed by atoms with van der Waals surface area (Å²) in [6, 6.07) is 0. The van der Waals surface area contributed by atoms with Gasteiger partial charge in [-0.25, -0.2) is 0 Å². The van der Waals surface area contributed by atoms with E-state index < -0.39 is 0 Å². The van der Waals surface area contributed by atoms with Crippen molar-refractivity contribution in [2.45, 2.75) is 119 Å². The maximum Gasteiger partial charge on any atom is -0.0237 e. The molecule has 0 heterocycles. The Morgan fingerprint density at radius 3 is 1.28 bits per heavy atom. The van der Waals surface area contributed by atoms with Crippen molar-refractivity contribution < 1.29 is 0 Å². The summed E-state index contributed by atoms with van der Waals surface area (Å²) >= 11 is 0. The van der Waals surface area contributed by atoms with Crippen LogP contribution in [0.15, 0.2) is 12.2 Å². The van der Waals surface area contributed by atoms with Crippen LogP contribution in [0.25, 0.3) is 0 Å². The van der Waals surface area contributed by atoms with Crippen molar-refractivity contribution in [3.05, 3.63) is 12.2 Å². The first-order chi connectivity index (χ1) is 11.7. The van der Waals surface area contributed by atoms with Crippen molar-refractivity contribution >= 4 is 0 Å². The van der Waals surface area contributed by atoms with Crippen molar-refractivity contribution in [3.63, 3.8) is 0 Å². The molecule has 0 saturated heterocycles. The molecule has 0 radical (unpaired) electrons. The van der Waals surface area contributed by atoms with Gasteiger partial charge in [0.05, 0.1) is 0 Å². The molecule has 0 aromatic heterocycles. The van der Waals surface area contributed by atoms with Crippen LogP contribution in [0, 0.1) is 29.6 Å². The van der Waals surface area contributed by atoms with Crippen LogP contribution >= 0.6 is 0 Å². The van der Waals surface area contributed by atoms with E-state index in [4.69, 9.17) is 0 Å². The minimum Gasteiger partial charge on any atom is -0.0999 e. The fourth-order valence-electron chi connectivity index (χ4n) is 3.72. The van der Waals surface area contributed by atoms with Crippen molar-refractivity contribution in [2.75, 3.05) is 0 Å². The van der Waals surface area contributed by atoms with Crippen LogP contribution in [-0.4, -0.2) is 0 Å². The molecule has 0 nitrogen and oxygen atoms in total. The Morgan fingerprint density at radius 2 is 0.920 bits per heavy atom. The first-order valence-corrected chi connectivity index (χ1v) is 11.4. The van der Waals surface area contributed by atoms with Crippen molar-refractivity contribution in [3.8, 4) is 0 Å². The second-order valence-corrected chi connectivity index (χ2v) is 9.83. The van der Waals surface area contributed by atoms with Gasteiger partial charge in [-0.3, -0.25) is 0 Å². The molecule has 0 spiro atoms. The Balaban J connectivity index is 3.60. The molecule has 4 atom stereocenters. The van der Waals surface area contributed by atoms with Gasteiger partial charge in [-0.2, -0.15) is 0 Å². The molecule has 0 bridgehead atoms. The third-order valence-electron chi connectivity index (χ3n) is 6.20. The lowest BCUT2D eigenvalue weighted by Gasteiger charge is -2.17. The molecule has 0 rings (SSSR count). The molecule has 4 unspecified atom stereocenters. The predicted molar refractivity (Wildman–Crippen MR) is 117 cm³/mol. The zero-order valence-corrected chi connectivity index (χ0v) is 18.9. The highest BCUT2D eigenvalue weighted by Gasteiger charge is 2.09. The van der Waals surface area contributed by atoms with Crippen LogP contribution in [0.1, 0.15) is 119 Å². The highest BCUT2D eigenvalue weighted by molar-refractivity contribution is 4.93. The molecule has 150 valence electrons. The number of hydrogen-bond acceptors (Lipinski definition) is 0. The zero-order chi connectivity index (χ0) is 19.2. The second kappa shape index (κ2) is 14.9. The van der Waals surface area contributed by atoms with Crippen molar-refractivity contribution in [1.29, 1.82) is 0 Å². The molecular weight excluding hydrogens is 300 g/mol. The maximum absolute atomic E-state index is 4.08. The molecular formula is C25H50. The summed E-state index contributed by atoms with van der Waals surface area (Å²) in [6.45, 7) is 20.6. The van der Waals surface area contributed by atoms with Crippen LogP contribution in [0.4, 0.5) is 0 Å². The normalized spacial score (nSPS) is 16.6. The molecule has 25 heavy (non-hydrogen) atoms. The highest BCUT2D eigenvalue weighted by Crippen LogP contribution is 2.24. The van der Waals surface area contributed by atoms with E-state index in [1.807, 2.05) is 0 Å². The fourth-order valence-corrected chi connectivity index (χ4v) is 3.72. The third kappa shape index (κ3) is 15.7. The molecule has 0 aromatic rings. The largest absolute Gasteiger partial charge is 0.0999 e. The van der Waals surface area contributed by atoms with Gasteiger partial charge in [-0.15, -0.1) is 0 Å². The standard InChI is InChI=1S/C25H50/c1-20(2)12-9-13-22(5)14-10-15-23(6)16-11-17-24(7)18-19-25(8)21(3)4/h20,22-25H,3,9-19H2,1-2,4-8H3. The van der Waals surface area contributed by atoms with Gasteiger partial charge in [0, 0.05) is 0 Å². The lowest BCUT2D eigenvalue weighted by molar-refractivity contribution is 0.368. The Bertz CT molecular complexity index is 314. The monoisotopic (exact) mass is 350 g/mol. The smallest absolute Gasteiger partial charge is 0.0237 e. The first kappa shape index (κ1) is 24.7. The van der Waals surface area contributed by atoms with E-state index in [1.54, 1.807) is 0 Å². The van der Waals surface area contributed by atoms with E-state index in [-0.39, 0.29) is 0 Å². The fraction of sp³-hybridized carbons (Fsp3) is 0.920. The summed E-state index contributed by atoms with van der Waals surface area (Å²) in [5.74, 6) is 4.31. The van der Waals surface area contributed by atoms with Gasteiger partial charge >= 0.3 is 0 Å². The van der Waals surface area contributed by atoms with Crippen LogP contribution in [0.2, 0.25) is 0 Å². The van der Waals surface area contributed by atoms with Gasteiger partial charge in [0.25, 0.3) is 0 Å². The summed E-state index contributed by atoms with van der Waals surface area (Å²) in [6.07, 6.45) is 15.6. The average molecular weight is 351 g/mol. The summed E-state index contributed by atoms with van der Waals surface area (Å²) in [7, 11) is 0. The van der Waals surface area contributed by atoms with E-state index in [0.717, 1.165) is 23.7 Å². The van der Waals surface area contributed by atoms with Crippen LogP contribution in [0.5, 0.6) is 0 Å². The molecule has 0 aliphatic rings. The van der Waals surface area contributed by atoms with Gasteiger partial charge in [-0.05, 0) is 42.9 Å². The molecule has 0 aliphatic carbocycles. The number of rotatable bonds is 16. The van der Waals surface area contributed by atoms with Crippen LogP contribution in [0.3, 0.4) is 0 Å². The molecule has 0 aromatic carbocycles. The van der Waals surface area contributed by atoms with E-state index >= 15 is 0 Å². The Kier molecular flexibility index (Phi) is 14.7. The number of hydrogen-bond donors (Lipinski definition) is 0. The number of allylic oxidation sites excluding steroid dienone is 1. The third-order valence-corrected chi connectivity index (χ3v) is 6.20. The van der Waals surface area contributed by atoms with Gasteiger partial charge in [0.2, 0.25) is 0 Å². The minimum absolute atomic E-state index is 0.698.